The summed E-state index contributed by atoms with van der Waals surface area (Å²) in [5.41, 5.74) is 1.42. The zero-order valence-corrected chi connectivity index (χ0v) is 20.4. The molecule has 10 heteroatoms. The van der Waals surface area contributed by atoms with E-state index in [1.54, 1.807) is 61.7 Å². The summed E-state index contributed by atoms with van der Waals surface area (Å²) in [6.07, 6.45) is 1.53. The van der Waals surface area contributed by atoms with Crippen LogP contribution in [0.4, 0.5) is 5.69 Å². The number of methoxy groups -OCH3 is 2. The molecule has 0 aliphatic carbocycles. The number of esters is 1. The molecule has 1 aliphatic rings. The van der Waals surface area contributed by atoms with Gasteiger partial charge in [0.2, 0.25) is 0 Å². The third-order valence-corrected chi connectivity index (χ3v) is 6.23. The van der Waals surface area contributed by atoms with Crippen molar-refractivity contribution in [2.75, 3.05) is 25.7 Å². The van der Waals surface area contributed by atoms with E-state index < -0.39 is 11.9 Å². The standard InChI is InChI=1S/C24H18Cl2N2O5S/c1-31-16-6-4-15(5-7-16)28-23(30)20(27(24(28)34)13-22(29)32-2)12-17-8-10-21(33-17)14-3-9-18(25)19(26)11-14/h3-12H,13H2,1-2H3/b20-12-. The third-order valence-electron chi connectivity index (χ3n) is 5.09. The smallest absolute Gasteiger partial charge is 0.325 e. The molecule has 0 atom stereocenters. The molecule has 3 aromatic rings. The van der Waals surface area contributed by atoms with E-state index in [4.69, 9.17) is 49.3 Å². The van der Waals surface area contributed by atoms with Gasteiger partial charge < -0.3 is 18.8 Å². The molecule has 1 fully saturated rings. The highest BCUT2D eigenvalue weighted by atomic mass is 35.5. The number of carbonyl (C=O) groups is 2. The lowest BCUT2D eigenvalue weighted by Crippen LogP contribution is -2.35. The van der Waals surface area contributed by atoms with Crippen molar-refractivity contribution >= 4 is 64.2 Å². The summed E-state index contributed by atoms with van der Waals surface area (Å²) in [5.74, 6) is 0.595. The lowest BCUT2D eigenvalue weighted by Gasteiger charge is -2.19. The normalized spacial score (nSPS) is 14.8. The largest absolute Gasteiger partial charge is 0.497 e. The van der Waals surface area contributed by atoms with Crippen molar-refractivity contribution in [3.63, 3.8) is 0 Å². The van der Waals surface area contributed by atoms with Gasteiger partial charge in [0.1, 0.15) is 29.5 Å². The van der Waals surface area contributed by atoms with E-state index in [0.29, 0.717) is 33.0 Å². The van der Waals surface area contributed by atoms with Crippen LogP contribution in [0.1, 0.15) is 5.76 Å². The lowest BCUT2D eigenvalue weighted by molar-refractivity contribution is -0.140. The van der Waals surface area contributed by atoms with Crippen LogP contribution in [0.25, 0.3) is 17.4 Å². The molecular formula is C24H18Cl2N2O5S. The Morgan fingerprint density at radius 2 is 1.79 bits per heavy atom. The predicted octanol–water partition coefficient (Wildman–Crippen LogP) is 5.41. The fraction of sp³-hybridized carbons (Fsp3) is 0.125. The van der Waals surface area contributed by atoms with Gasteiger partial charge in [-0.1, -0.05) is 23.2 Å². The Morgan fingerprint density at radius 1 is 1.06 bits per heavy atom. The summed E-state index contributed by atoms with van der Waals surface area (Å²) in [6, 6.07) is 15.4. The molecule has 34 heavy (non-hydrogen) atoms. The first kappa shape index (κ1) is 23.8. The van der Waals surface area contributed by atoms with Crippen LogP contribution >= 0.6 is 35.4 Å². The SMILES string of the molecule is COC(=O)CN1C(=S)N(c2ccc(OC)cc2)C(=O)/C1=C/c1ccc(-c2ccc(Cl)c(Cl)c2)o1. The molecule has 7 nitrogen and oxygen atoms in total. The highest BCUT2D eigenvalue weighted by molar-refractivity contribution is 7.80. The minimum Gasteiger partial charge on any atom is -0.497 e. The number of rotatable bonds is 6. The molecule has 0 N–H and O–H groups in total. The molecule has 0 saturated carbocycles. The van der Waals surface area contributed by atoms with Crippen molar-refractivity contribution in [3.05, 3.63) is 76.1 Å². The zero-order chi connectivity index (χ0) is 24.4. The second kappa shape index (κ2) is 9.89. The number of hydrogen-bond donors (Lipinski definition) is 0. The highest BCUT2D eigenvalue weighted by Gasteiger charge is 2.40. The molecule has 1 saturated heterocycles. The van der Waals surface area contributed by atoms with Gasteiger partial charge in [-0.05, 0) is 66.8 Å². The minimum absolute atomic E-state index is 0.142. The lowest BCUT2D eigenvalue weighted by atomic mass is 10.2. The predicted molar refractivity (Wildman–Crippen MR) is 134 cm³/mol. The molecule has 174 valence electrons. The molecule has 1 aliphatic heterocycles. The van der Waals surface area contributed by atoms with Crippen molar-refractivity contribution in [2.24, 2.45) is 0 Å². The number of nitrogens with zero attached hydrogens (tertiary/aromatic N) is 2. The number of furan rings is 1. The Hall–Kier alpha value is -3.33. The van der Waals surface area contributed by atoms with Crippen molar-refractivity contribution in [1.29, 1.82) is 0 Å². The first-order valence-corrected chi connectivity index (χ1v) is 11.1. The van der Waals surface area contributed by atoms with Crippen LogP contribution < -0.4 is 9.64 Å². The number of hydrogen-bond acceptors (Lipinski definition) is 6. The Labute approximate surface area is 211 Å². The molecule has 1 amide bonds. The Morgan fingerprint density at radius 3 is 2.44 bits per heavy atom. The maximum absolute atomic E-state index is 13.4. The van der Waals surface area contributed by atoms with Gasteiger partial charge in [0.25, 0.3) is 5.91 Å². The minimum atomic E-state index is -0.548. The number of anilines is 1. The van der Waals surface area contributed by atoms with Crippen LogP contribution in [0, 0.1) is 0 Å². The molecule has 0 spiro atoms. The fourth-order valence-corrected chi connectivity index (χ4v) is 4.00. The van der Waals surface area contributed by atoms with Gasteiger partial charge in [-0.15, -0.1) is 0 Å². The summed E-state index contributed by atoms with van der Waals surface area (Å²) in [6.45, 7) is -0.236. The van der Waals surface area contributed by atoms with Gasteiger partial charge in [-0.25, -0.2) is 0 Å². The van der Waals surface area contributed by atoms with E-state index in [9.17, 15) is 9.59 Å². The van der Waals surface area contributed by atoms with Crippen molar-refractivity contribution in [3.8, 4) is 17.1 Å². The maximum atomic E-state index is 13.4. The summed E-state index contributed by atoms with van der Waals surface area (Å²) in [4.78, 5) is 28.2. The topological polar surface area (TPSA) is 72.2 Å². The molecule has 2 heterocycles. The van der Waals surface area contributed by atoms with Crippen LogP contribution in [-0.4, -0.2) is 42.7 Å². The van der Waals surface area contributed by atoms with E-state index in [-0.39, 0.29) is 17.4 Å². The monoisotopic (exact) mass is 516 g/mol. The summed E-state index contributed by atoms with van der Waals surface area (Å²) in [5, 5.41) is 0.968. The number of amides is 1. The van der Waals surface area contributed by atoms with E-state index in [1.807, 2.05) is 0 Å². The van der Waals surface area contributed by atoms with Gasteiger partial charge in [0.15, 0.2) is 5.11 Å². The molecule has 2 aromatic carbocycles. The van der Waals surface area contributed by atoms with Crippen LogP contribution in [0.2, 0.25) is 10.0 Å². The van der Waals surface area contributed by atoms with Gasteiger partial charge in [0.05, 0.1) is 30.0 Å². The zero-order valence-electron chi connectivity index (χ0n) is 18.1. The van der Waals surface area contributed by atoms with Crippen LogP contribution in [0.5, 0.6) is 5.75 Å². The van der Waals surface area contributed by atoms with E-state index >= 15 is 0 Å². The molecule has 4 rings (SSSR count). The second-order valence-corrected chi connectivity index (χ2v) is 8.32. The average molecular weight is 517 g/mol. The van der Waals surface area contributed by atoms with Gasteiger partial charge in [-0.2, -0.15) is 0 Å². The summed E-state index contributed by atoms with van der Waals surface area (Å²) in [7, 11) is 2.82. The number of ether oxygens (including phenoxy) is 2. The summed E-state index contributed by atoms with van der Waals surface area (Å²) >= 11 is 17.6. The van der Waals surface area contributed by atoms with Crippen molar-refractivity contribution in [2.45, 2.75) is 0 Å². The Bertz CT molecular complexity index is 1300. The van der Waals surface area contributed by atoms with Gasteiger partial charge in [-0.3, -0.25) is 14.5 Å². The molecule has 0 bridgehead atoms. The van der Waals surface area contributed by atoms with E-state index in [0.717, 1.165) is 5.56 Å². The Balaban J connectivity index is 1.70. The quantitative estimate of drug-likeness (QED) is 0.246. The molecule has 0 radical (unpaired) electrons. The number of carbonyl (C=O) groups excluding carboxylic acids is 2. The third kappa shape index (κ3) is 4.65. The van der Waals surface area contributed by atoms with Crippen LogP contribution in [0.3, 0.4) is 0 Å². The van der Waals surface area contributed by atoms with Crippen LogP contribution in [0.15, 0.2) is 64.7 Å². The first-order valence-electron chi connectivity index (χ1n) is 9.96. The first-order chi connectivity index (χ1) is 16.3. The number of halogens is 2. The number of thiocarbonyl (C=S) groups is 1. The average Bonchev–Trinajstić information content (AvgIpc) is 3.39. The molecule has 0 unspecified atom stereocenters. The Kier molecular flexibility index (Phi) is 6.92. The van der Waals surface area contributed by atoms with Gasteiger partial charge in [0, 0.05) is 11.6 Å². The van der Waals surface area contributed by atoms with Crippen molar-refractivity contribution < 1.29 is 23.5 Å². The molecule has 1 aromatic heterocycles. The maximum Gasteiger partial charge on any atom is 0.325 e. The van der Waals surface area contributed by atoms with E-state index in [1.165, 1.54) is 23.0 Å². The van der Waals surface area contributed by atoms with Gasteiger partial charge >= 0.3 is 5.97 Å². The van der Waals surface area contributed by atoms with Crippen LogP contribution in [-0.2, 0) is 14.3 Å². The molecular weight excluding hydrogens is 499 g/mol. The fourth-order valence-electron chi connectivity index (χ4n) is 3.36. The van der Waals surface area contributed by atoms with E-state index in [2.05, 4.69) is 0 Å². The summed E-state index contributed by atoms with van der Waals surface area (Å²) < 4.78 is 15.9. The highest BCUT2D eigenvalue weighted by Crippen LogP contribution is 2.33. The number of benzene rings is 2. The second-order valence-electron chi connectivity index (χ2n) is 7.14. The van der Waals surface area contributed by atoms with Crippen molar-refractivity contribution in [1.82, 2.24) is 4.90 Å².